The van der Waals surface area contributed by atoms with Crippen LogP contribution in [0.25, 0.3) is 0 Å². The molecule has 0 spiro atoms. The molecule has 1 unspecified atom stereocenters. The number of likely N-dealkylation sites (tertiary alicyclic amines) is 1. The number of carboxylic acids is 1. The quantitative estimate of drug-likeness (QED) is 0.871. The van der Waals surface area contributed by atoms with Crippen molar-refractivity contribution in [2.24, 2.45) is 5.92 Å². The zero-order chi connectivity index (χ0) is 16.4. The van der Waals surface area contributed by atoms with Crippen molar-refractivity contribution >= 4 is 11.9 Å². The Morgan fingerprint density at radius 1 is 1.22 bits per heavy atom. The lowest BCUT2D eigenvalue weighted by Crippen LogP contribution is -2.40. The number of hydrogen-bond acceptors (Lipinski definition) is 3. The van der Waals surface area contributed by atoms with Crippen LogP contribution in [-0.4, -0.2) is 52.5 Å². The Labute approximate surface area is 136 Å². The fourth-order valence-corrected chi connectivity index (χ4v) is 3.16. The lowest BCUT2D eigenvalue weighted by Gasteiger charge is -2.25. The molecule has 1 N–H and O–H groups in total. The number of aliphatic carboxylic acids is 1. The highest BCUT2D eigenvalue weighted by Gasteiger charge is 2.35. The topological polar surface area (TPSA) is 60.9 Å². The zero-order valence-electron chi connectivity index (χ0n) is 13.6. The number of aryl methyl sites for hydroxylation is 1. The molecule has 0 aromatic heterocycles. The summed E-state index contributed by atoms with van der Waals surface area (Å²) in [5, 5.41) is 9.07. The molecule has 0 bridgehead atoms. The van der Waals surface area contributed by atoms with Crippen molar-refractivity contribution in [3.63, 3.8) is 0 Å². The van der Waals surface area contributed by atoms with Crippen LogP contribution >= 0.6 is 0 Å². The van der Waals surface area contributed by atoms with Crippen LogP contribution < -0.4 is 0 Å². The van der Waals surface area contributed by atoms with E-state index in [4.69, 9.17) is 5.11 Å². The van der Waals surface area contributed by atoms with Gasteiger partial charge >= 0.3 is 5.97 Å². The minimum absolute atomic E-state index is 0.124. The minimum atomic E-state index is -0.751. The average Bonchev–Trinajstić information content (AvgIpc) is 3.25. The SMILES string of the molecule is Cc1ccc(CN(C(=O)CN2CCC(C(=O)O)C2)C2CC2)cc1. The van der Waals surface area contributed by atoms with Gasteiger partial charge in [0.05, 0.1) is 12.5 Å². The van der Waals surface area contributed by atoms with Crippen LogP contribution in [0.15, 0.2) is 24.3 Å². The largest absolute Gasteiger partial charge is 0.481 e. The van der Waals surface area contributed by atoms with Gasteiger partial charge in [0.1, 0.15) is 0 Å². The molecule has 23 heavy (non-hydrogen) atoms. The molecule has 1 saturated carbocycles. The standard InChI is InChI=1S/C18H24N2O3/c1-13-2-4-14(5-3-13)10-20(16-6-7-16)17(21)12-19-9-8-15(11-19)18(22)23/h2-5,15-16H,6-12H2,1H3,(H,22,23). The molecule has 3 rings (SSSR count). The third-order valence-electron chi connectivity index (χ3n) is 4.76. The van der Waals surface area contributed by atoms with Gasteiger partial charge in [-0.3, -0.25) is 14.5 Å². The zero-order valence-corrected chi connectivity index (χ0v) is 13.6. The van der Waals surface area contributed by atoms with E-state index in [-0.39, 0.29) is 11.8 Å². The van der Waals surface area contributed by atoms with Gasteiger partial charge in [-0.25, -0.2) is 0 Å². The molecule has 2 fully saturated rings. The van der Waals surface area contributed by atoms with Gasteiger partial charge in [0, 0.05) is 19.1 Å². The molecule has 1 amide bonds. The Morgan fingerprint density at radius 3 is 2.48 bits per heavy atom. The Morgan fingerprint density at radius 2 is 1.91 bits per heavy atom. The van der Waals surface area contributed by atoms with Crippen molar-refractivity contribution in [1.29, 1.82) is 0 Å². The highest BCUT2D eigenvalue weighted by Crippen LogP contribution is 2.29. The highest BCUT2D eigenvalue weighted by molar-refractivity contribution is 5.79. The molecule has 1 aromatic carbocycles. The number of carboxylic acid groups (broad SMARTS) is 1. The maximum atomic E-state index is 12.7. The van der Waals surface area contributed by atoms with E-state index in [2.05, 4.69) is 31.2 Å². The lowest BCUT2D eigenvalue weighted by atomic mass is 10.1. The smallest absolute Gasteiger partial charge is 0.307 e. The number of amides is 1. The average molecular weight is 316 g/mol. The van der Waals surface area contributed by atoms with E-state index in [0.29, 0.717) is 38.6 Å². The molecular weight excluding hydrogens is 292 g/mol. The summed E-state index contributed by atoms with van der Waals surface area (Å²) in [6.45, 7) is 4.24. The Bertz CT molecular complexity index is 580. The molecule has 5 nitrogen and oxygen atoms in total. The Kier molecular flexibility index (Phi) is 4.66. The second-order valence-electron chi connectivity index (χ2n) is 6.80. The van der Waals surface area contributed by atoms with Gasteiger partial charge in [0.15, 0.2) is 0 Å². The van der Waals surface area contributed by atoms with Crippen LogP contribution in [0.5, 0.6) is 0 Å². The fraction of sp³-hybridized carbons (Fsp3) is 0.556. The van der Waals surface area contributed by atoms with Crippen LogP contribution in [0.2, 0.25) is 0 Å². The number of rotatable bonds is 6. The Balaban J connectivity index is 1.59. The highest BCUT2D eigenvalue weighted by atomic mass is 16.4. The van der Waals surface area contributed by atoms with Gasteiger partial charge in [0.2, 0.25) is 5.91 Å². The number of nitrogens with zero attached hydrogens (tertiary/aromatic N) is 2. The van der Waals surface area contributed by atoms with E-state index in [0.717, 1.165) is 18.4 Å². The normalized spacial score (nSPS) is 21.3. The number of benzene rings is 1. The van der Waals surface area contributed by atoms with Crippen molar-refractivity contribution in [2.75, 3.05) is 19.6 Å². The van der Waals surface area contributed by atoms with Crippen LogP contribution in [0.1, 0.15) is 30.4 Å². The first-order chi connectivity index (χ1) is 11.0. The van der Waals surface area contributed by atoms with Crippen LogP contribution in [0, 0.1) is 12.8 Å². The van der Waals surface area contributed by atoms with E-state index in [9.17, 15) is 9.59 Å². The molecule has 1 saturated heterocycles. The van der Waals surface area contributed by atoms with E-state index in [1.807, 2.05) is 9.80 Å². The lowest BCUT2D eigenvalue weighted by molar-refractivity contribution is -0.141. The first kappa shape index (κ1) is 16.0. The number of carbonyl (C=O) groups excluding carboxylic acids is 1. The summed E-state index contributed by atoms with van der Waals surface area (Å²) in [4.78, 5) is 27.6. The van der Waals surface area contributed by atoms with E-state index in [1.54, 1.807) is 0 Å². The summed E-state index contributed by atoms with van der Waals surface area (Å²) in [6.07, 6.45) is 2.80. The van der Waals surface area contributed by atoms with Gasteiger partial charge in [-0.2, -0.15) is 0 Å². The maximum absolute atomic E-state index is 12.7. The maximum Gasteiger partial charge on any atom is 0.307 e. The van der Waals surface area contributed by atoms with Crippen molar-refractivity contribution < 1.29 is 14.7 Å². The fourth-order valence-electron chi connectivity index (χ4n) is 3.16. The van der Waals surface area contributed by atoms with E-state index in [1.165, 1.54) is 5.56 Å². The van der Waals surface area contributed by atoms with Crippen LogP contribution in [0.4, 0.5) is 0 Å². The number of hydrogen-bond donors (Lipinski definition) is 1. The summed E-state index contributed by atoms with van der Waals surface area (Å²) >= 11 is 0. The molecule has 124 valence electrons. The first-order valence-corrected chi connectivity index (χ1v) is 8.33. The minimum Gasteiger partial charge on any atom is -0.481 e. The van der Waals surface area contributed by atoms with Gasteiger partial charge in [-0.05, 0) is 38.3 Å². The van der Waals surface area contributed by atoms with Crippen molar-refractivity contribution in [3.05, 3.63) is 35.4 Å². The van der Waals surface area contributed by atoms with Gasteiger partial charge in [-0.15, -0.1) is 0 Å². The molecule has 1 aliphatic heterocycles. The van der Waals surface area contributed by atoms with Gasteiger partial charge in [-0.1, -0.05) is 29.8 Å². The second-order valence-corrected chi connectivity index (χ2v) is 6.80. The van der Waals surface area contributed by atoms with E-state index >= 15 is 0 Å². The summed E-state index contributed by atoms with van der Waals surface area (Å²) in [7, 11) is 0. The summed E-state index contributed by atoms with van der Waals surface area (Å²) < 4.78 is 0. The molecule has 2 aliphatic rings. The second kappa shape index (κ2) is 6.71. The molecule has 0 radical (unpaired) electrons. The van der Waals surface area contributed by atoms with Crippen LogP contribution in [-0.2, 0) is 16.1 Å². The molecule has 1 aromatic rings. The summed E-state index contributed by atoms with van der Waals surface area (Å²) in [5.74, 6) is -0.952. The van der Waals surface area contributed by atoms with Crippen molar-refractivity contribution in [2.45, 2.75) is 38.8 Å². The van der Waals surface area contributed by atoms with Gasteiger partial charge in [0.25, 0.3) is 0 Å². The monoisotopic (exact) mass is 316 g/mol. The molecule has 1 heterocycles. The van der Waals surface area contributed by atoms with Crippen molar-refractivity contribution in [1.82, 2.24) is 9.80 Å². The van der Waals surface area contributed by atoms with Crippen molar-refractivity contribution in [3.8, 4) is 0 Å². The molecular formula is C18H24N2O3. The third kappa shape index (κ3) is 4.10. The summed E-state index contributed by atoms with van der Waals surface area (Å²) in [5.41, 5.74) is 2.37. The Hall–Kier alpha value is -1.88. The predicted molar refractivity (Wildman–Crippen MR) is 86.9 cm³/mol. The predicted octanol–water partition coefficient (Wildman–Crippen LogP) is 1.89. The molecule has 1 aliphatic carbocycles. The van der Waals surface area contributed by atoms with Crippen LogP contribution in [0.3, 0.4) is 0 Å². The third-order valence-corrected chi connectivity index (χ3v) is 4.76. The number of carbonyl (C=O) groups is 2. The first-order valence-electron chi connectivity index (χ1n) is 8.33. The molecule has 1 atom stereocenters. The molecule has 5 heteroatoms. The summed E-state index contributed by atoms with van der Waals surface area (Å²) in [6, 6.07) is 8.66. The van der Waals surface area contributed by atoms with Gasteiger partial charge < -0.3 is 10.0 Å². The van der Waals surface area contributed by atoms with E-state index < -0.39 is 5.97 Å².